The lowest BCUT2D eigenvalue weighted by Crippen LogP contribution is -2.47. The first-order valence-corrected chi connectivity index (χ1v) is 15.3. The third kappa shape index (κ3) is 5.30. The maximum absolute atomic E-state index is 13.3. The lowest BCUT2D eigenvalue weighted by Gasteiger charge is -2.41. The van der Waals surface area contributed by atoms with Gasteiger partial charge in [-0.15, -0.1) is 0 Å². The number of benzene rings is 1. The Morgan fingerprint density at radius 2 is 1.35 bits per heavy atom. The molecule has 1 unspecified atom stereocenters. The predicted octanol–water partition coefficient (Wildman–Crippen LogP) is 6.61. The number of carbonyl (C=O) groups is 1. The summed E-state index contributed by atoms with van der Waals surface area (Å²) >= 11 is 0. The molecule has 0 saturated heterocycles. The van der Waals surface area contributed by atoms with Gasteiger partial charge in [0.25, 0.3) is 8.32 Å². The highest BCUT2D eigenvalue weighted by atomic mass is 28.4. The van der Waals surface area contributed by atoms with Gasteiger partial charge in [0.05, 0.1) is 0 Å². The third-order valence-electron chi connectivity index (χ3n) is 6.07. The number of hydrogen-bond acceptors (Lipinski definition) is 3. The largest absolute Gasteiger partial charge is 0.517 e. The summed E-state index contributed by atoms with van der Waals surface area (Å²) in [5.74, 6) is -0.240. The molecule has 1 aromatic carbocycles. The summed E-state index contributed by atoms with van der Waals surface area (Å²) in [5, 5.41) is -0.0128. The molecule has 0 heterocycles. The summed E-state index contributed by atoms with van der Waals surface area (Å²) in [5.41, 5.74) is 1.98. The first-order valence-electron chi connectivity index (χ1n) is 9.46. The second-order valence-electron chi connectivity index (χ2n) is 10.3. The number of rotatable bonds is 5. The molecule has 0 spiro atoms. The van der Waals surface area contributed by atoms with Crippen LogP contribution in [-0.2, 0) is 13.6 Å². The fraction of sp³-hybridized carbons (Fsp3) is 0.667. The molecule has 0 radical (unpaired) electrons. The first kappa shape index (κ1) is 23.1. The molecule has 1 rings (SSSR count). The molecule has 0 bridgehead atoms. The van der Waals surface area contributed by atoms with Crippen LogP contribution >= 0.6 is 0 Å². The molecule has 148 valence electrons. The van der Waals surface area contributed by atoms with Crippen molar-refractivity contribution in [1.29, 1.82) is 0 Å². The van der Waals surface area contributed by atoms with Gasteiger partial charge in [-0.1, -0.05) is 65.8 Å². The minimum atomic E-state index is -2.22. The molecule has 3 nitrogen and oxygen atoms in total. The zero-order valence-electron chi connectivity index (χ0n) is 18.6. The van der Waals surface area contributed by atoms with Gasteiger partial charge in [0.15, 0.2) is 14.4 Å². The van der Waals surface area contributed by atoms with Gasteiger partial charge in [-0.05, 0) is 54.3 Å². The van der Waals surface area contributed by atoms with Crippen LogP contribution in [0.1, 0.15) is 58.8 Å². The van der Waals surface area contributed by atoms with Crippen LogP contribution in [0, 0.1) is 6.92 Å². The maximum Gasteiger partial charge on any atom is 0.325 e. The lowest BCUT2D eigenvalue weighted by molar-refractivity contribution is -0.144. The number of aryl methyl sites for hydroxylation is 1. The Morgan fingerprint density at radius 1 is 0.885 bits per heavy atom. The van der Waals surface area contributed by atoms with E-state index in [1.165, 1.54) is 0 Å². The Hall–Kier alpha value is -0.916. The van der Waals surface area contributed by atoms with Crippen LogP contribution in [0.3, 0.4) is 0 Å². The predicted molar refractivity (Wildman–Crippen MR) is 115 cm³/mol. The van der Waals surface area contributed by atoms with E-state index < -0.39 is 22.7 Å². The SMILES string of the molecule is Cc1ccccc1C(O[Si](C)(C)C(C)(C)C)C(=O)O[Si](C)(C)C(C)(C)C. The summed E-state index contributed by atoms with van der Waals surface area (Å²) in [6.45, 7) is 23.6. The highest BCUT2D eigenvalue weighted by Crippen LogP contribution is 2.42. The van der Waals surface area contributed by atoms with Gasteiger partial charge >= 0.3 is 5.97 Å². The Morgan fingerprint density at radius 3 is 1.77 bits per heavy atom. The molecular formula is C21H38O3Si2. The van der Waals surface area contributed by atoms with E-state index in [1.54, 1.807) is 0 Å². The molecule has 0 aliphatic carbocycles. The molecule has 0 aliphatic heterocycles. The van der Waals surface area contributed by atoms with Crippen molar-refractivity contribution in [1.82, 2.24) is 0 Å². The van der Waals surface area contributed by atoms with E-state index in [1.807, 2.05) is 31.2 Å². The zero-order valence-corrected chi connectivity index (χ0v) is 20.6. The normalized spacial score (nSPS) is 14.9. The molecule has 1 aromatic rings. The molecule has 0 fully saturated rings. The van der Waals surface area contributed by atoms with Gasteiger partial charge in [-0.3, -0.25) is 4.79 Å². The van der Waals surface area contributed by atoms with Crippen molar-refractivity contribution in [3.8, 4) is 0 Å². The van der Waals surface area contributed by atoms with Crippen LogP contribution < -0.4 is 0 Å². The van der Waals surface area contributed by atoms with E-state index in [9.17, 15) is 4.79 Å². The lowest BCUT2D eigenvalue weighted by atomic mass is 10.0. The molecular weight excluding hydrogens is 356 g/mol. The molecule has 1 atom stereocenters. The Balaban J connectivity index is 3.30. The third-order valence-corrected chi connectivity index (χ3v) is 14.8. The van der Waals surface area contributed by atoms with E-state index in [-0.39, 0.29) is 16.0 Å². The van der Waals surface area contributed by atoms with Gasteiger partial charge in [-0.25, -0.2) is 0 Å². The first-order chi connectivity index (χ1) is 11.5. The van der Waals surface area contributed by atoms with Gasteiger partial charge in [0, 0.05) is 0 Å². The van der Waals surface area contributed by atoms with Crippen LogP contribution in [0.15, 0.2) is 24.3 Å². The minimum absolute atomic E-state index is 0.0190. The van der Waals surface area contributed by atoms with Crippen molar-refractivity contribution < 1.29 is 13.6 Å². The Kier molecular flexibility index (Phi) is 6.76. The van der Waals surface area contributed by atoms with Crippen LogP contribution in [0.4, 0.5) is 0 Å². The van der Waals surface area contributed by atoms with Crippen LogP contribution in [-0.4, -0.2) is 22.6 Å². The fourth-order valence-corrected chi connectivity index (χ4v) is 4.13. The summed E-state index contributed by atoms with van der Waals surface area (Å²) in [6.07, 6.45) is -0.661. The van der Waals surface area contributed by atoms with E-state index >= 15 is 0 Å². The van der Waals surface area contributed by atoms with Gasteiger partial charge in [0.2, 0.25) is 0 Å². The van der Waals surface area contributed by atoms with Crippen molar-refractivity contribution in [2.24, 2.45) is 0 Å². The maximum atomic E-state index is 13.3. The van der Waals surface area contributed by atoms with Crippen molar-refractivity contribution in [3.05, 3.63) is 35.4 Å². The summed E-state index contributed by atoms with van der Waals surface area (Å²) < 4.78 is 12.7. The van der Waals surface area contributed by atoms with Crippen LogP contribution in [0.5, 0.6) is 0 Å². The average Bonchev–Trinajstić information content (AvgIpc) is 2.42. The second kappa shape index (κ2) is 7.60. The fourth-order valence-electron chi connectivity index (χ4n) is 2.05. The van der Waals surface area contributed by atoms with E-state index in [4.69, 9.17) is 8.85 Å². The standard InChI is InChI=1S/C21H38O3Si2/c1-16-14-12-13-15-17(16)18(23-25(8,9)20(2,3)4)19(22)24-26(10,11)21(5,6)7/h12-15,18H,1-11H3. The topological polar surface area (TPSA) is 35.5 Å². The monoisotopic (exact) mass is 394 g/mol. The smallest absolute Gasteiger partial charge is 0.325 e. The molecule has 0 aromatic heterocycles. The zero-order chi connectivity index (χ0) is 20.6. The molecule has 5 heteroatoms. The van der Waals surface area contributed by atoms with Gasteiger partial charge in [-0.2, -0.15) is 0 Å². The van der Waals surface area contributed by atoms with E-state index in [2.05, 4.69) is 67.7 Å². The number of hydrogen-bond donors (Lipinski definition) is 0. The summed E-state index contributed by atoms with van der Waals surface area (Å²) in [6, 6.07) is 7.96. The number of carbonyl (C=O) groups excluding carboxylic acids is 1. The molecule has 0 N–H and O–H groups in total. The summed E-state index contributed by atoms with van der Waals surface area (Å²) in [4.78, 5) is 13.3. The Labute approximate surface area is 162 Å². The van der Waals surface area contributed by atoms with Crippen molar-refractivity contribution in [3.63, 3.8) is 0 Å². The van der Waals surface area contributed by atoms with Gasteiger partial charge < -0.3 is 8.85 Å². The second-order valence-corrected chi connectivity index (χ2v) is 19.8. The van der Waals surface area contributed by atoms with Gasteiger partial charge in [0.1, 0.15) is 0 Å². The van der Waals surface area contributed by atoms with E-state index in [0.29, 0.717) is 0 Å². The highest BCUT2D eigenvalue weighted by Gasteiger charge is 2.45. The van der Waals surface area contributed by atoms with Crippen molar-refractivity contribution >= 4 is 22.6 Å². The molecule has 0 aliphatic rings. The van der Waals surface area contributed by atoms with Crippen LogP contribution in [0.25, 0.3) is 0 Å². The molecule has 26 heavy (non-hydrogen) atoms. The Bertz CT molecular complexity index is 637. The molecule has 0 saturated carbocycles. The van der Waals surface area contributed by atoms with Crippen molar-refractivity contribution in [2.45, 2.75) is 90.8 Å². The van der Waals surface area contributed by atoms with Crippen LogP contribution in [0.2, 0.25) is 36.3 Å². The molecule has 0 amide bonds. The quantitative estimate of drug-likeness (QED) is 0.527. The summed E-state index contributed by atoms with van der Waals surface area (Å²) in [7, 11) is -4.36. The average molecular weight is 395 g/mol. The van der Waals surface area contributed by atoms with Crippen molar-refractivity contribution in [2.75, 3.05) is 0 Å². The minimum Gasteiger partial charge on any atom is -0.517 e. The van der Waals surface area contributed by atoms with E-state index in [0.717, 1.165) is 11.1 Å². The highest BCUT2D eigenvalue weighted by molar-refractivity contribution is 6.76.